The molecule has 1 rings (SSSR count). The third-order valence-electron chi connectivity index (χ3n) is 1.48. The number of alkyl halides is 1. The zero-order valence-corrected chi connectivity index (χ0v) is 6.23. The summed E-state index contributed by atoms with van der Waals surface area (Å²) in [5, 5.41) is -0.461. The van der Waals surface area contributed by atoms with E-state index in [2.05, 4.69) is 0 Å². The highest BCUT2D eigenvalue weighted by Crippen LogP contribution is 2.32. The van der Waals surface area contributed by atoms with Crippen LogP contribution in [-0.4, -0.2) is 18.0 Å². The van der Waals surface area contributed by atoms with Gasteiger partial charge in [0.15, 0.2) is 0 Å². The summed E-state index contributed by atoms with van der Waals surface area (Å²) in [7, 11) is 0. The van der Waals surface area contributed by atoms with Crippen LogP contribution in [-0.2, 0) is 9.53 Å². The molecule has 1 fully saturated rings. The molecule has 1 saturated heterocycles. The standard InChI is InChI=1S/C6H9ClO2/c1-6(2)3-9-5(8)4(6)7/h4H,3H2,1-2H3. The van der Waals surface area contributed by atoms with Crippen molar-refractivity contribution in [2.45, 2.75) is 19.2 Å². The van der Waals surface area contributed by atoms with Crippen molar-refractivity contribution < 1.29 is 9.53 Å². The molecule has 0 aromatic rings. The van der Waals surface area contributed by atoms with Crippen LogP contribution in [0.1, 0.15) is 13.8 Å². The quantitative estimate of drug-likeness (QED) is 0.381. The van der Waals surface area contributed by atoms with E-state index in [-0.39, 0.29) is 11.4 Å². The first-order chi connectivity index (χ1) is 4.04. The van der Waals surface area contributed by atoms with Gasteiger partial charge in [0.25, 0.3) is 0 Å². The Balaban J connectivity index is 2.73. The first-order valence-electron chi connectivity index (χ1n) is 2.85. The smallest absolute Gasteiger partial charge is 0.324 e. The number of halogens is 1. The van der Waals surface area contributed by atoms with E-state index in [9.17, 15) is 4.79 Å². The molecule has 0 bridgehead atoms. The van der Waals surface area contributed by atoms with Crippen LogP contribution in [0.15, 0.2) is 0 Å². The van der Waals surface area contributed by atoms with Gasteiger partial charge in [0.2, 0.25) is 0 Å². The zero-order chi connectivity index (χ0) is 7.07. The average Bonchev–Trinajstić information content (AvgIpc) is 1.97. The Kier molecular flexibility index (Phi) is 1.43. The summed E-state index contributed by atoms with van der Waals surface area (Å²) in [6.45, 7) is 4.27. The third kappa shape index (κ3) is 1.04. The minimum absolute atomic E-state index is 0.182. The number of cyclic esters (lactones) is 1. The molecule has 1 aliphatic heterocycles. The van der Waals surface area contributed by atoms with Crippen molar-refractivity contribution >= 4 is 17.6 Å². The Labute approximate surface area is 59.1 Å². The SMILES string of the molecule is CC1(C)COC(=O)C1Cl. The molecule has 0 radical (unpaired) electrons. The molecular weight excluding hydrogens is 140 g/mol. The molecule has 1 aliphatic rings. The van der Waals surface area contributed by atoms with Crippen LogP contribution < -0.4 is 0 Å². The molecule has 3 heteroatoms. The number of carbonyl (C=O) groups is 1. The highest BCUT2D eigenvalue weighted by molar-refractivity contribution is 6.31. The lowest BCUT2D eigenvalue weighted by Gasteiger charge is -2.14. The van der Waals surface area contributed by atoms with Crippen molar-refractivity contribution in [3.8, 4) is 0 Å². The predicted molar refractivity (Wildman–Crippen MR) is 34.4 cm³/mol. The van der Waals surface area contributed by atoms with Gasteiger partial charge in [0, 0.05) is 5.41 Å². The molecule has 9 heavy (non-hydrogen) atoms. The summed E-state index contributed by atoms with van der Waals surface area (Å²) >= 11 is 5.68. The monoisotopic (exact) mass is 148 g/mol. The van der Waals surface area contributed by atoms with Gasteiger partial charge in [-0.2, -0.15) is 0 Å². The van der Waals surface area contributed by atoms with Crippen LogP contribution in [0.5, 0.6) is 0 Å². The van der Waals surface area contributed by atoms with Crippen LogP contribution in [0.3, 0.4) is 0 Å². The second-order valence-corrected chi connectivity index (χ2v) is 3.40. The lowest BCUT2D eigenvalue weighted by Crippen LogP contribution is -2.24. The number of hydrogen-bond donors (Lipinski definition) is 0. The molecule has 0 spiro atoms. The van der Waals surface area contributed by atoms with Crippen molar-refractivity contribution in [1.29, 1.82) is 0 Å². The largest absolute Gasteiger partial charge is 0.464 e. The van der Waals surface area contributed by atoms with Crippen LogP contribution in [0.2, 0.25) is 0 Å². The van der Waals surface area contributed by atoms with E-state index in [1.165, 1.54) is 0 Å². The highest BCUT2D eigenvalue weighted by atomic mass is 35.5. The normalized spacial score (nSPS) is 32.3. The van der Waals surface area contributed by atoms with Gasteiger partial charge < -0.3 is 4.74 Å². The summed E-state index contributed by atoms with van der Waals surface area (Å²) < 4.78 is 4.71. The first-order valence-corrected chi connectivity index (χ1v) is 3.28. The highest BCUT2D eigenvalue weighted by Gasteiger charge is 2.41. The maximum atomic E-state index is 10.6. The summed E-state index contributed by atoms with van der Waals surface area (Å²) in [5.74, 6) is -0.290. The molecule has 0 aliphatic carbocycles. The molecule has 1 heterocycles. The minimum Gasteiger partial charge on any atom is -0.464 e. The molecule has 0 aromatic carbocycles. The van der Waals surface area contributed by atoms with Gasteiger partial charge in [-0.1, -0.05) is 13.8 Å². The fourth-order valence-electron chi connectivity index (χ4n) is 0.722. The third-order valence-corrected chi connectivity index (χ3v) is 2.25. The van der Waals surface area contributed by atoms with E-state index in [1.54, 1.807) is 0 Å². The average molecular weight is 149 g/mol. The maximum absolute atomic E-state index is 10.6. The van der Waals surface area contributed by atoms with Gasteiger partial charge in [-0.05, 0) is 0 Å². The Morgan fingerprint density at radius 3 is 2.44 bits per heavy atom. The predicted octanol–water partition coefficient (Wildman–Crippen LogP) is 1.18. The topological polar surface area (TPSA) is 26.3 Å². The van der Waals surface area contributed by atoms with E-state index in [0.717, 1.165) is 0 Å². The van der Waals surface area contributed by atoms with Crippen LogP contribution in [0.25, 0.3) is 0 Å². The number of hydrogen-bond acceptors (Lipinski definition) is 2. The van der Waals surface area contributed by atoms with Gasteiger partial charge in [-0.25, -0.2) is 0 Å². The molecule has 0 aromatic heterocycles. The second kappa shape index (κ2) is 1.87. The van der Waals surface area contributed by atoms with Crippen molar-refractivity contribution in [3.05, 3.63) is 0 Å². The fraction of sp³-hybridized carbons (Fsp3) is 0.833. The van der Waals surface area contributed by atoms with Gasteiger partial charge >= 0.3 is 5.97 Å². The maximum Gasteiger partial charge on any atom is 0.324 e. The number of ether oxygens (including phenoxy) is 1. The van der Waals surface area contributed by atoms with E-state index in [1.807, 2.05) is 13.8 Å². The van der Waals surface area contributed by atoms with E-state index < -0.39 is 5.38 Å². The number of carbonyl (C=O) groups excluding carboxylic acids is 1. The van der Waals surface area contributed by atoms with E-state index in [4.69, 9.17) is 16.3 Å². The van der Waals surface area contributed by atoms with Gasteiger partial charge in [0.05, 0.1) is 6.61 Å². The Bertz CT molecular complexity index is 142. The summed E-state index contributed by atoms with van der Waals surface area (Å²) in [6.07, 6.45) is 0. The van der Waals surface area contributed by atoms with Gasteiger partial charge in [-0.15, -0.1) is 11.6 Å². The lowest BCUT2D eigenvalue weighted by atomic mass is 9.92. The Morgan fingerprint density at radius 2 is 2.33 bits per heavy atom. The molecule has 52 valence electrons. The molecule has 2 nitrogen and oxygen atoms in total. The van der Waals surface area contributed by atoms with E-state index in [0.29, 0.717) is 6.61 Å². The second-order valence-electron chi connectivity index (χ2n) is 2.96. The Morgan fingerprint density at radius 1 is 1.78 bits per heavy atom. The zero-order valence-electron chi connectivity index (χ0n) is 5.48. The molecule has 0 amide bonds. The molecular formula is C6H9ClO2. The van der Waals surface area contributed by atoms with Crippen molar-refractivity contribution in [2.24, 2.45) is 5.41 Å². The fourth-order valence-corrected chi connectivity index (χ4v) is 0.848. The van der Waals surface area contributed by atoms with Crippen molar-refractivity contribution in [1.82, 2.24) is 0 Å². The number of rotatable bonds is 0. The molecule has 0 saturated carbocycles. The summed E-state index contributed by atoms with van der Waals surface area (Å²) in [5.41, 5.74) is -0.182. The van der Waals surface area contributed by atoms with E-state index >= 15 is 0 Å². The van der Waals surface area contributed by atoms with Crippen LogP contribution >= 0.6 is 11.6 Å². The van der Waals surface area contributed by atoms with Gasteiger partial charge in [-0.3, -0.25) is 4.79 Å². The van der Waals surface area contributed by atoms with Crippen molar-refractivity contribution in [3.63, 3.8) is 0 Å². The summed E-state index contributed by atoms with van der Waals surface area (Å²) in [4.78, 5) is 10.6. The lowest BCUT2D eigenvalue weighted by molar-refractivity contribution is -0.137. The van der Waals surface area contributed by atoms with Crippen LogP contribution in [0.4, 0.5) is 0 Å². The minimum atomic E-state index is -0.461. The Hall–Kier alpha value is -0.240. The van der Waals surface area contributed by atoms with Gasteiger partial charge in [0.1, 0.15) is 5.38 Å². The number of esters is 1. The molecule has 0 N–H and O–H groups in total. The van der Waals surface area contributed by atoms with Crippen LogP contribution in [0, 0.1) is 5.41 Å². The van der Waals surface area contributed by atoms with Crippen molar-refractivity contribution in [2.75, 3.05) is 6.61 Å². The molecule has 1 atom stereocenters. The molecule has 1 unspecified atom stereocenters. The summed E-state index contributed by atoms with van der Waals surface area (Å²) in [6, 6.07) is 0. The first kappa shape index (κ1) is 6.87.